The molecule has 0 saturated carbocycles. The Kier molecular flexibility index (Phi) is 14.7. The van der Waals surface area contributed by atoms with Crippen molar-refractivity contribution in [1.29, 1.82) is 0 Å². The van der Waals surface area contributed by atoms with Crippen molar-refractivity contribution in [2.24, 2.45) is 16.7 Å². The van der Waals surface area contributed by atoms with Gasteiger partial charge in [-0.05, 0) is 97.2 Å². The molecule has 1 N–H and O–H groups in total. The molecule has 3 aromatic heterocycles. The standard InChI is InChI=1S/C37H39N2S.C15H28O2.Ir/c1-21(2)14-32-23(4)27-11-10-24(17-33(27)40-32)29-18-31(39-35-34(29)22(3)19-37(35,8)9)25-15-26-20-38-13-12-28(26)30(16-25)36(5,6)7;1-7-14(5,8-2)12(16)11-13(17)15(6,9-3)10-4;/h10-13,16-21H,14H2,1-9H3;11,16H,7-10H2,1-6H3;/q-1;;/b;12-11-;. The zero-order chi connectivity index (χ0) is 42.2. The van der Waals surface area contributed by atoms with E-state index in [4.69, 9.17) is 4.98 Å². The maximum atomic E-state index is 12.2. The minimum Gasteiger partial charge on any atom is -0.512 e. The second-order valence-electron chi connectivity index (χ2n) is 19.0. The summed E-state index contributed by atoms with van der Waals surface area (Å²) < 4.78 is 1.37. The van der Waals surface area contributed by atoms with Crippen LogP contribution in [0.1, 0.15) is 150 Å². The molecule has 5 aromatic rings. The molecule has 0 bridgehead atoms. The number of carbonyl (C=O) groups is 1. The molecule has 0 atom stereocenters. The van der Waals surface area contributed by atoms with Crippen LogP contribution >= 0.6 is 11.3 Å². The summed E-state index contributed by atoms with van der Waals surface area (Å²) in [5.41, 5.74) is 10.2. The first-order valence-electron chi connectivity index (χ1n) is 21.2. The van der Waals surface area contributed by atoms with E-state index in [1.807, 2.05) is 65.3 Å². The van der Waals surface area contributed by atoms with Crippen molar-refractivity contribution in [1.82, 2.24) is 9.97 Å². The van der Waals surface area contributed by atoms with Crippen LogP contribution in [0.25, 0.3) is 48.8 Å². The SMILES string of the molecule is CC1=CC(C)(C)c2nc(-c3[c-]c4cnccc4c(C(C)(C)C)c3)cc(-c3ccc4c(C)c(CC(C)C)sc4c3)c21.CCC(C)(CC)C(=O)/C=C(\O)C(C)(CC)CC.[Ir]. The van der Waals surface area contributed by atoms with Crippen LogP contribution in [0.4, 0.5) is 0 Å². The Morgan fingerprint density at radius 3 is 2.14 bits per heavy atom. The van der Waals surface area contributed by atoms with Gasteiger partial charge < -0.3 is 10.1 Å². The second-order valence-corrected chi connectivity index (χ2v) is 20.1. The monoisotopic (exact) mass is 976 g/mol. The molecule has 3 heterocycles. The first-order valence-corrected chi connectivity index (χ1v) is 22.0. The van der Waals surface area contributed by atoms with Gasteiger partial charge in [0.1, 0.15) is 5.76 Å². The Morgan fingerprint density at radius 1 is 0.914 bits per heavy atom. The molecule has 1 aliphatic rings. The topological polar surface area (TPSA) is 63.1 Å². The predicted octanol–water partition coefficient (Wildman–Crippen LogP) is 15.1. The number of nitrogens with zero attached hydrogens (tertiary/aromatic N) is 2. The summed E-state index contributed by atoms with van der Waals surface area (Å²) in [6.07, 6.45) is 12.1. The molecule has 6 rings (SSSR count). The zero-order valence-electron chi connectivity index (χ0n) is 37.9. The third kappa shape index (κ3) is 9.46. The summed E-state index contributed by atoms with van der Waals surface area (Å²) in [6, 6.07) is 17.4. The first-order chi connectivity index (χ1) is 26.6. The van der Waals surface area contributed by atoms with E-state index in [1.165, 1.54) is 59.8 Å². The Labute approximate surface area is 367 Å². The van der Waals surface area contributed by atoms with Crippen molar-refractivity contribution in [3.05, 3.63) is 100 Å². The van der Waals surface area contributed by atoms with Gasteiger partial charge >= 0.3 is 0 Å². The van der Waals surface area contributed by atoms with Gasteiger partial charge in [0.2, 0.25) is 0 Å². The fourth-order valence-corrected chi connectivity index (χ4v) is 9.50. The number of aryl methyl sites for hydroxylation is 1. The zero-order valence-corrected chi connectivity index (χ0v) is 41.1. The molecular formula is C52H67IrN2O2S-. The first kappa shape index (κ1) is 47.2. The quantitative estimate of drug-likeness (QED) is 0.0814. The summed E-state index contributed by atoms with van der Waals surface area (Å²) in [5.74, 6) is 0.937. The van der Waals surface area contributed by atoms with Gasteiger partial charge in [0.05, 0.1) is 0 Å². The molecular weight excluding hydrogens is 909 g/mol. The third-order valence-electron chi connectivity index (χ3n) is 12.9. The average molecular weight is 976 g/mol. The fourth-order valence-electron chi connectivity index (χ4n) is 8.04. The summed E-state index contributed by atoms with van der Waals surface area (Å²) >= 11 is 1.96. The maximum absolute atomic E-state index is 12.2. The van der Waals surface area contributed by atoms with Crippen LogP contribution in [0.15, 0.2) is 66.7 Å². The van der Waals surface area contributed by atoms with E-state index in [1.54, 1.807) is 0 Å². The van der Waals surface area contributed by atoms with E-state index in [0.717, 1.165) is 54.4 Å². The third-order valence-corrected chi connectivity index (χ3v) is 14.2. The number of pyridine rings is 2. The molecule has 6 heteroatoms. The van der Waals surface area contributed by atoms with E-state index in [9.17, 15) is 9.90 Å². The number of rotatable bonds is 11. The molecule has 2 aromatic carbocycles. The van der Waals surface area contributed by atoms with Gasteiger partial charge in [-0.15, -0.1) is 29.0 Å². The van der Waals surface area contributed by atoms with Crippen molar-refractivity contribution >= 4 is 43.6 Å². The Morgan fingerprint density at radius 2 is 1.55 bits per heavy atom. The molecule has 4 nitrogen and oxygen atoms in total. The van der Waals surface area contributed by atoms with Crippen molar-refractivity contribution in [2.45, 2.75) is 147 Å². The molecule has 0 fully saturated rings. The number of benzene rings is 2. The number of aliphatic hydroxyl groups is 1. The van der Waals surface area contributed by atoms with Crippen LogP contribution < -0.4 is 0 Å². The number of aliphatic hydroxyl groups excluding tert-OH is 1. The van der Waals surface area contributed by atoms with E-state index in [0.29, 0.717) is 5.92 Å². The summed E-state index contributed by atoms with van der Waals surface area (Å²) in [5, 5.41) is 13.8. The van der Waals surface area contributed by atoms with Crippen molar-refractivity contribution in [2.75, 3.05) is 0 Å². The summed E-state index contributed by atoms with van der Waals surface area (Å²) in [6.45, 7) is 32.6. The second kappa shape index (κ2) is 18.0. The van der Waals surface area contributed by atoms with Gasteiger partial charge in [0.25, 0.3) is 0 Å². The predicted molar refractivity (Wildman–Crippen MR) is 246 cm³/mol. The molecule has 0 unspecified atom stereocenters. The minimum absolute atomic E-state index is 0. The van der Waals surface area contributed by atoms with Crippen LogP contribution in [-0.2, 0) is 42.2 Å². The van der Waals surface area contributed by atoms with Crippen molar-refractivity contribution in [3.8, 4) is 22.4 Å². The van der Waals surface area contributed by atoms with Crippen LogP contribution in [0.2, 0.25) is 0 Å². The molecule has 1 aliphatic carbocycles. The largest absolute Gasteiger partial charge is 0.512 e. The Balaban J connectivity index is 0.000000353. The molecule has 58 heavy (non-hydrogen) atoms. The Hall–Kier alpha value is -3.44. The normalized spacial score (nSPS) is 14.3. The van der Waals surface area contributed by atoms with Crippen molar-refractivity contribution in [3.63, 3.8) is 0 Å². The molecule has 313 valence electrons. The van der Waals surface area contributed by atoms with Gasteiger partial charge in [-0.1, -0.05) is 137 Å². The maximum Gasteiger partial charge on any atom is 0.164 e. The van der Waals surface area contributed by atoms with Gasteiger partial charge in [-0.2, -0.15) is 0 Å². The number of aromatic nitrogens is 2. The summed E-state index contributed by atoms with van der Waals surface area (Å²) in [4.78, 5) is 23.5. The van der Waals surface area contributed by atoms with Gasteiger partial charge in [0, 0.05) is 75.2 Å². The smallest absolute Gasteiger partial charge is 0.164 e. The van der Waals surface area contributed by atoms with Crippen LogP contribution in [0.5, 0.6) is 0 Å². The molecule has 0 aliphatic heterocycles. The summed E-state index contributed by atoms with van der Waals surface area (Å²) in [7, 11) is 0. The number of carbonyl (C=O) groups excluding carboxylic acids is 1. The van der Waals surface area contributed by atoms with E-state index < -0.39 is 0 Å². The van der Waals surface area contributed by atoms with Crippen LogP contribution in [0.3, 0.4) is 0 Å². The number of ketones is 1. The number of allylic oxidation sites excluding steroid dienone is 4. The minimum atomic E-state index is -0.337. The van der Waals surface area contributed by atoms with Gasteiger partial charge in [0.15, 0.2) is 5.78 Å². The van der Waals surface area contributed by atoms with Crippen molar-refractivity contribution < 1.29 is 30.0 Å². The molecule has 0 amide bonds. The average Bonchev–Trinajstić information content (AvgIpc) is 3.61. The van der Waals surface area contributed by atoms with E-state index >= 15 is 0 Å². The van der Waals surface area contributed by atoms with E-state index in [2.05, 4.69) is 116 Å². The van der Waals surface area contributed by atoms with E-state index in [-0.39, 0.29) is 53.3 Å². The molecule has 1 radical (unpaired) electrons. The number of fused-ring (bicyclic) bond motifs is 3. The van der Waals surface area contributed by atoms with Gasteiger partial charge in [-0.25, -0.2) is 0 Å². The van der Waals surface area contributed by atoms with Gasteiger partial charge in [-0.3, -0.25) is 9.78 Å². The number of hydrogen-bond donors (Lipinski definition) is 1. The molecule has 0 saturated heterocycles. The van der Waals surface area contributed by atoms with Crippen LogP contribution in [-0.4, -0.2) is 20.9 Å². The Bertz CT molecular complexity index is 2340. The number of thiophene rings is 1. The van der Waals surface area contributed by atoms with Crippen LogP contribution in [0, 0.1) is 29.7 Å². The molecule has 0 spiro atoms. The fraction of sp³-hybridized carbons (Fsp3) is 0.481. The number of hydrogen-bond acceptors (Lipinski definition) is 5.